The van der Waals surface area contributed by atoms with Gasteiger partial charge in [-0.25, -0.2) is 0 Å². The van der Waals surface area contributed by atoms with E-state index in [0.29, 0.717) is 36.2 Å². The minimum absolute atomic E-state index is 0.121. The number of amides is 1. The summed E-state index contributed by atoms with van der Waals surface area (Å²) in [5.74, 6) is 1.69. The zero-order chi connectivity index (χ0) is 19.3. The van der Waals surface area contributed by atoms with Gasteiger partial charge < -0.3 is 14.4 Å². The van der Waals surface area contributed by atoms with Gasteiger partial charge in [0.25, 0.3) is 5.91 Å². The number of furan rings is 1. The first-order valence-electron chi connectivity index (χ1n) is 9.74. The third-order valence-corrected chi connectivity index (χ3v) is 5.49. The molecular formula is C20H23N5O3. The molecule has 3 aromatic heterocycles. The van der Waals surface area contributed by atoms with E-state index in [1.54, 1.807) is 11.0 Å². The molecule has 28 heavy (non-hydrogen) atoms. The molecule has 4 heterocycles. The molecule has 1 atom stereocenters. The van der Waals surface area contributed by atoms with Gasteiger partial charge >= 0.3 is 0 Å². The van der Waals surface area contributed by atoms with Gasteiger partial charge in [-0.2, -0.15) is 10.2 Å². The second kappa shape index (κ2) is 6.63. The summed E-state index contributed by atoms with van der Waals surface area (Å²) in [6.07, 6.45) is 2.44. The quantitative estimate of drug-likeness (QED) is 0.724. The lowest BCUT2D eigenvalue weighted by Gasteiger charge is -2.18. The van der Waals surface area contributed by atoms with Crippen LogP contribution in [0.2, 0.25) is 0 Å². The maximum absolute atomic E-state index is 13.0. The average Bonchev–Trinajstić information content (AvgIpc) is 3.13. The van der Waals surface area contributed by atoms with Crippen LogP contribution in [0.4, 0.5) is 0 Å². The molecule has 5 rings (SSSR count). The fraction of sp³-hybridized carbons (Fsp3) is 0.450. The Kier molecular flexibility index (Phi) is 4.08. The van der Waals surface area contributed by atoms with Gasteiger partial charge in [0.15, 0.2) is 11.5 Å². The van der Waals surface area contributed by atoms with Crippen molar-refractivity contribution in [2.24, 2.45) is 5.92 Å². The van der Waals surface area contributed by atoms with E-state index >= 15 is 0 Å². The summed E-state index contributed by atoms with van der Waals surface area (Å²) in [7, 11) is 0. The predicted octanol–water partition coefficient (Wildman–Crippen LogP) is 2.66. The van der Waals surface area contributed by atoms with E-state index in [-0.39, 0.29) is 5.91 Å². The SMILES string of the molecule is Cc1ccc(-c2cc(C(=O)N3CCCn4nc([C@H](O)C5CC5)cc4C3)n[nH]2)o1. The Bertz CT molecular complexity index is 1010. The largest absolute Gasteiger partial charge is 0.460 e. The highest BCUT2D eigenvalue weighted by atomic mass is 16.3. The van der Waals surface area contributed by atoms with Crippen molar-refractivity contribution in [1.29, 1.82) is 0 Å². The van der Waals surface area contributed by atoms with E-state index in [1.165, 1.54) is 0 Å². The zero-order valence-electron chi connectivity index (χ0n) is 15.8. The summed E-state index contributed by atoms with van der Waals surface area (Å²) in [6, 6.07) is 7.40. The second-order valence-corrected chi connectivity index (χ2v) is 7.72. The molecule has 0 unspecified atom stereocenters. The Morgan fingerprint density at radius 1 is 1.32 bits per heavy atom. The maximum atomic E-state index is 13.0. The number of H-pyrrole nitrogens is 1. The van der Waals surface area contributed by atoms with Crippen LogP contribution < -0.4 is 0 Å². The first-order chi connectivity index (χ1) is 13.6. The molecule has 2 N–H and O–H groups in total. The van der Waals surface area contributed by atoms with E-state index in [2.05, 4.69) is 15.3 Å². The minimum atomic E-state index is -0.491. The second-order valence-electron chi connectivity index (χ2n) is 7.72. The molecule has 0 aromatic carbocycles. The zero-order valence-corrected chi connectivity index (χ0v) is 15.8. The van der Waals surface area contributed by atoms with Crippen molar-refractivity contribution in [3.05, 3.63) is 47.1 Å². The van der Waals surface area contributed by atoms with Crippen molar-refractivity contribution in [1.82, 2.24) is 24.9 Å². The van der Waals surface area contributed by atoms with Crippen LogP contribution in [0.5, 0.6) is 0 Å². The van der Waals surface area contributed by atoms with Gasteiger partial charge in [0.1, 0.15) is 17.6 Å². The smallest absolute Gasteiger partial charge is 0.274 e. The summed E-state index contributed by atoms with van der Waals surface area (Å²) in [5, 5.41) is 22.0. The van der Waals surface area contributed by atoms with Gasteiger partial charge in [-0.05, 0) is 50.3 Å². The van der Waals surface area contributed by atoms with Gasteiger partial charge in [0, 0.05) is 19.2 Å². The van der Waals surface area contributed by atoms with Crippen LogP contribution in [0.1, 0.15) is 53.0 Å². The topological polar surface area (TPSA) is 100 Å². The number of aryl methyl sites for hydroxylation is 2. The van der Waals surface area contributed by atoms with Gasteiger partial charge in [0.05, 0.1) is 17.9 Å². The van der Waals surface area contributed by atoms with E-state index in [4.69, 9.17) is 4.42 Å². The van der Waals surface area contributed by atoms with Crippen molar-refractivity contribution in [3.8, 4) is 11.5 Å². The first-order valence-corrected chi connectivity index (χ1v) is 9.74. The number of carbonyl (C=O) groups excluding carboxylic acids is 1. The van der Waals surface area contributed by atoms with E-state index in [9.17, 15) is 9.90 Å². The normalized spacial score (nSPS) is 18.0. The van der Waals surface area contributed by atoms with Crippen LogP contribution in [0.3, 0.4) is 0 Å². The number of fused-ring (bicyclic) bond motifs is 1. The van der Waals surface area contributed by atoms with E-state index in [0.717, 1.165) is 43.0 Å². The lowest BCUT2D eigenvalue weighted by Crippen LogP contribution is -2.31. The molecule has 0 radical (unpaired) electrons. The van der Waals surface area contributed by atoms with Crippen molar-refractivity contribution in [3.63, 3.8) is 0 Å². The fourth-order valence-corrected chi connectivity index (χ4v) is 3.75. The number of aromatic amines is 1. The Balaban J connectivity index is 1.35. The Morgan fingerprint density at radius 3 is 2.93 bits per heavy atom. The van der Waals surface area contributed by atoms with E-state index in [1.807, 2.05) is 29.8 Å². The lowest BCUT2D eigenvalue weighted by atomic mass is 10.1. The van der Waals surface area contributed by atoms with Crippen LogP contribution in [-0.4, -0.2) is 42.4 Å². The number of nitrogens with zero attached hydrogens (tertiary/aromatic N) is 4. The molecule has 1 fully saturated rings. The molecule has 8 nitrogen and oxygen atoms in total. The summed E-state index contributed by atoms with van der Waals surface area (Å²) in [6.45, 7) is 3.73. The molecule has 1 amide bonds. The van der Waals surface area contributed by atoms with Gasteiger partial charge in [-0.15, -0.1) is 0 Å². The number of nitrogens with one attached hydrogen (secondary N) is 1. The Labute approximate surface area is 162 Å². The third-order valence-electron chi connectivity index (χ3n) is 5.49. The molecule has 1 aliphatic heterocycles. The fourth-order valence-electron chi connectivity index (χ4n) is 3.75. The van der Waals surface area contributed by atoms with Crippen molar-refractivity contribution < 1.29 is 14.3 Å². The van der Waals surface area contributed by atoms with Crippen molar-refractivity contribution in [2.45, 2.75) is 45.4 Å². The van der Waals surface area contributed by atoms with Crippen LogP contribution in [0, 0.1) is 12.8 Å². The summed E-state index contributed by atoms with van der Waals surface area (Å²) < 4.78 is 7.52. The Morgan fingerprint density at radius 2 is 2.18 bits per heavy atom. The summed E-state index contributed by atoms with van der Waals surface area (Å²) >= 11 is 0. The van der Waals surface area contributed by atoms with Gasteiger partial charge in [0.2, 0.25) is 0 Å². The van der Waals surface area contributed by atoms with Crippen LogP contribution in [-0.2, 0) is 13.1 Å². The molecular weight excluding hydrogens is 358 g/mol. The van der Waals surface area contributed by atoms with Crippen LogP contribution >= 0.6 is 0 Å². The average molecular weight is 381 g/mol. The number of aliphatic hydroxyl groups is 1. The number of aliphatic hydroxyl groups excluding tert-OH is 1. The molecule has 0 spiro atoms. The van der Waals surface area contributed by atoms with Crippen LogP contribution in [0.25, 0.3) is 11.5 Å². The molecule has 146 valence electrons. The summed E-state index contributed by atoms with van der Waals surface area (Å²) in [4.78, 5) is 14.8. The molecule has 0 saturated heterocycles. The minimum Gasteiger partial charge on any atom is -0.460 e. The first kappa shape index (κ1) is 17.2. The number of rotatable bonds is 4. The predicted molar refractivity (Wildman–Crippen MR) is 100 cm³/mol. The Hall–Kier alpha value is -2.87. The maximum Gasteiger partial charge on any atom is 0.274 e. The van der Waals surface area contributed by atoms with Crippen LogP contribution in [0.15, 0.2) is 28.7 Å². The molecule has 1 saturated carbocycles. The highest BCUT2D eigenvalue weighted by molar-refractivity contribution is 5.93. The van der Waals surface area contributed by atoms with Gasteiger partial charge in [-0.3, -0.25) is 14.6 Å². The number of hydrogen-bond acceptors (Lipinski definition) is 5. The third kappa shape index (κ3) is 3.13. The van der Waals surface area contributed by atoms with Gasteiger partial charge in [-0.1, -0.05) is 0 Å². The molecule has 0 bridgehead atoms. The number of carbonyl (C=O) groups is 1. The number of aromatic nitrogens is 4. The monoisotopic (exact) mass is 381 g/mol. The standard InChI is InChI=1S/C20H23N5O3/c1-12-3-6-18(28-12)15-10-17(22-21-15)20(27)24-7-2-8-25-14(11-24)9-16(23-25)19(26)13-4-5-13/h3,6,9-10,13,19,26H,2,4-5,7-8,11H2,1H3,(H,21,22)/t19-/m1/s1. The molecule has 2 aliphatic rings. The van der Waals surface area contributed by atoms with E-state index < -0.39 is 6.10 Å². The molecule has 3 aromatic rings. The number of hydrogen-bond donors (Lipinski definition) is 2. The van der Waals surface area contributed by atoms with Crippen molar-refractivity contribution in [2.75, 3.05) is 6.54 Å². The molecule has 8 heteroatoms. The lowest BCUT2D eigenvalue weighted by molar-refractivity contribution is 0.0739. The highest BCUT2D eigenvalue weighted by Crippen LogP contribution is 2.40. The summed E-state index contributed by atoms with van der Waals surface area (Å²) in [5.41, 5.74) is 2.74. The highest BCUT2D eigenvalue weighted by Gasteiger charge is 2.33. The molecule has 1 aliphatic carbocycles. The van der Waals surface area contributed by atoms with Crippen molar-refractivity contribution >= 4 is 5.91 Å².